The van der Waals surface area contributed by atoms with Gasteiger partial charge in [-0.05, 0) is 77.0 Å². The van der Waals surface area contributed by atoms with Crippen molar-refractivity contribution in [1.82, 2.24) is 4.57 Å². The Morgan fingerprint density at radius 2 is 1.02 bits per heavy atom. The van der Waals surface area contributed by atoms with Crippen LogP contribution in [0.25, 0.3) is 71.3 Å². The van der Waals surface area contributed by atoms with Gasteiger partial charge >= 0.3 is 0 Å². The molecule has 0 radical (unpaired) electrons. The van der Waals surface area contributed by atoms with Gasteiger partial charge in [-0.1, -0.05) is 121 Å². The number of hydrogen-bond acceptors (Lipinski definition) is 2. The molecule has 0 unspecified atom stereocenters. The molecule has 0 spiro atoms. The number of anilines is 3. The molecular weight excluding hydrogens is 597 g/mol. The zero-order valence-electron chi connectivity index (χ0n) is 26.6. The lowest BCUT2D eigenvalue weighted by Crippen LogP contribution is -2.12. The van der Waals surface area contributed by atoms with Gasteiger partial charge in [0.2, 0.25) is 0 Å². The van der Waals surface area contributed by atoms with Crippen LogP contribution in [0.15, 0.2) is 186 Å². The number of nitrogens with zero attached hydrogens (tertiary/aromatic N) is 2. The molecule has 3 heteroatoms. The van der Waals surface area contributed by atoms with Crippen molar-refractivity contribution in [1.29, 1.82) is 0 Å². The number of fused-ring (bicyclic) bond motifs is 7. The zero-order valence-corrected chi connectivity index (χ0v) is 26.6. The molecule has 230 valence electrons. The van der Waals surface area contributed by atoms with Gasteiger partial charge < -0.3 is 13.9 Å². The summed E-state index contributed by atoms with van der Waals surface area (Å²) in [5.41, 5.74) is 10.8. The van der Waals surface area contributed by atoms with E-state index in [9.17, 15) is 0 Å². The summed E-state index contributed by atoms with van der Waals surface area (Å²) in [7, 11) is 0. The maximum Gasteiger partial charge on any atom is 0.136 e. The van der Waals surface area contributed by atoms with Gasteiger partial charge in [0.1, 0.15) is 11.2 Å². The molecule has 2 aromatic heterocycles. The van der Waals surface area contributed by atoms with E-state index >= 15 is 0 Å². The average molecular weight is 627 g/mol. The molecule has 0 N–H and O–H groups in total. The number of furan rings is 1. The first-order chi connectivity index (χ1) is 24.3. The molecule has 0 amide bonds. The third-order valence-corrected chi connectivity index (χ3v) is 9.76. The maximum atomic E-state index is 6.34. The second-order valence-corrected chi connectivity index (χ2v) is 12.6. The van der Waals surface area contributed by atoms with E-state index in [2.05, 4.69) is 179 Å². The lowest BCUT2D eigenvalue weighted by molar-refractivity contribution is 0.669. The second kappa shape index (κ2) is 11.0. The van der Waals surface area contributed by atoms with Crippen molar-refractivity contribution in [2.75, 3.05) is 4.90 Å². The van der Waals surface area contributed by atoms with Crippen molar-refractivity contribution in [3.63, 3.8) is 0 Å². The van der Waals surface area contributed by atoms with Crippen LogP contribution in [0.5, 0.6) is 0 Å². The minimum Gasteiger partial charge on any atom is -0.456 e. The van der Waals surface area contributed by atoms with E-state index in [4.69, 9.17) is 4.42 Å². The summed E-state index contributed by atoms with van der Waals surface area (Å²) in [6.07, 6.45) is 0. The van der Waals surface area contributed by atoms with Crippen molar-refractivity contribution < 1.29 is 4.42 Å². The molecular formula is C46H30N2O. The summed E-state index contributed by atoms with van der Waals surface area (Å²) in [6.45, 7) is 0. The van der Waals surface area contributed by atoms with Crippen molar-refractivity contribution in [3.05, 3.63) is 182 Å². The van der Waals surface area contributed by atoms with Crippen molar-refractivity contribution in [2.24, 2.45) is 0 Å². The minimum atomic E-state index is 0.888. The fourth-order valence-electron chi connectivity index (χ4n) is 7.61. The van der Waals surface area contributed by atoms with Gasteiger partial charge in [0, 0.05) is 44.2 Å². The fourth-order valence-corrected chi connectivity index (χ4v) is 7.61. The average Bonchev–Trinajstić information content (AvgIpc) is 3.71. The summed E-state index contributed by atoms with van der Waals surface area (Å²) in [4.78, 5) is 2.40. The fraction of sp³-hybridized carbons (Fsp3) is 0. The molecule has 0 saturated carbocycles. The largest absolute Gasteiger partial charge is 0.456 e. The number of aromatic nitrogens is 1. The predicted octanol–water partition coefficient (Wildman–Crippen LogP) is 13.0. The normalized spacial score (nSPS) is 11.7. The molecule has 0 saturated heterocycles. The third kappa shape index (κ3) is 4.37. The Morgan fingerprint density at radius 1 is 0.408 bits per heavy atom. The Balaban J connectivity index is 1.24. The molecule has 0 atom stereocenters. The van der Waals surface area contributed by atoms with Crippen molar-refractivity contribution in [2.45, 2.75) is 0 Å². The highest BCUT2D eigenvalue weighted by atomic mass is 16.3. The predicted molar refractivity (Wildman–Crippen MR) is 206 cm³/mol. The summed E-state index contributed by atoms with van der Waals surface area (Å²) in [5.74, 6) is 0. The Bertz CT molecular complexity index is 2800. The Hall–Kier alpha value is -6.58. The van der Waals surface area contributed by atoms with Crippen LogP contribution in [-0.4, -0.2) is 4.57 Å². The molecule has 0 aliphatic rings. The quantitative estimate of drug-likeness (QED) is 0.190. The van der Waals surface area contributed by atoms with Crippen molar-refractivity contribution >= 4 is 71.6 Å². The van der Waals surface area contributed by atoms with E-state index in [1.165, 1.54) is 32.6 Å². The van der Waals surface area contributed by atoms with Gasteiger partial charge in [0.25, 0.3) is 0 Å². The molecule has 0 bridgehead atoms. The van der Waals surface area contributed by atoms with Gasteiger partial charge in [-0.15, -0.1) is 0 Å². The number of hydrogen-bond donors (Lipinski definition) is 0. The van der Waals surface area contributed by atoms with E-state index in [1.807, 2.05) is 12.1 Å². The molecule has 49 heavy (non-hydrogen) atoms. The molecule has 10 rings (SSSR count). The monoisotopic (exact) mass is 626 g/mol. The molecule has 3 nitrogen and oxygen atoms in total. The highest BCUT2D eigenvalue weighted by Crippen LogP contribution is 2.45. The first-order valence-corrected chi connectivity index (χ1v) is 16.7. The number of benzene rings is 8. The standard InChI is InChI=1S/C46H30N2O/c1-2-14-32-29-35(28-27-31(32)13-1)47(33-15-11-16-34(30-33)48-42-23-8-3-17-36(42)37-18-4-9-24-43(37)48)41-22-7-5-19-38(41)39-21-12-26-45-46(39)40-20-6-10-25-44(40)49-45/h1-30H. The van der Waals surface area contributed by atoms with Crippen LogP contribution >= 0.6 is 0 Å². The SMILES string of the molecule is c1cc(N(c2ccc3ccccc3c2)c2ccccc2-c2cccc3oc4ccccc4c23)cc(-n2c3ccccc3c3ccccc32)c1. The van der Waals surface area contributed by atoms with Gasteiger partial charge in [0.15, 0.2) is 0 Å². The number of para-hydroxylation sites is 4. The van der Waals surface area contributed by atoms with Crippen LogP contribution in [-0.2, 0) is 0 Å². The summed E-state index contributed by atoms with van der Waals surface area (Å²) in [6, 6.07) is 65.1. The second-order valence-electron chi connectivity index (χ2n) is 12.6. The molecule has 2 heterocycles. The Morgan fingerprint density at radius 3 is 1.86 bits per heavy atom. The van der Waals surface area contributed by atoms with E-state index in [-0.39, 0.29) is 0 Å². The smallest absolute Gasteiger partial charge is 0.136 e. The first-order valence-electron chi connectivity index (χ1n) is 16.7. The van der Waals surface area contributed by atoms with Crippen LogP contribution in [0.1, 0.15) is 0 Å². The van der Waals surface area contributed by atoms with Crippen LogP contribution < -0.4 is 4.90 Å². The minimum absolute atomic E-state index is 0.888. The molecule has 0 fully saturated rings. The van der Waals surface area contributed by atoms with Gasteiger partial charge in [0.05, 0.1) is 16.7 Å². The molecule has 0 aliphatic carbocycles. The molecule has 8 aromatic carbocycles. The summed E-state index contributed by atoms with van der Waals surface area (Å²) in [5, 5.41) is 7.16. The highest BCUT2D eigenvalue weighted by Gasteiger charge is 2.21. The highest BCUT2D eigenvalue weighted by molar-refractivity contribution is 6.14. The third-order valence-electron chi connectivity index (χ3n) is 9.76. The summed E-state index contributed by atoms with van der Waals surface area (Å²) >= 11 is 0. The van der Waals surface area contributed by atoms with Crippen molar-refractivity contribution in [3.8, 4) is 16.8 Å². The van der Waals surface area contributed by atoms with E-state index < -0.39 is 0 Å². The van der Waals surface area contributed by atoms with Crippen LogP contribution in [0.2, 0.25) is 0 Å². The van der Waals surface area contributed by atoms with Gasteiger partial charge in [-0.25, -0.2) is 0 Å². The van der Waals surface area contributed by atoms with Crippen LogP contribution in [0, 0.1) is 0 Å². The lowest BCUT2D eigenvalue weighted by atomic mass is 9.96. The van der Waals surface area contributed by atoms with Gasteiger partial charge in [-0.3, -0.25) is 0 Å². The first kappa shape index (κ1) is 27.5. The molecule has 0 aliphatic heterocycles. The van der Waals surface area contributed by atoms with Crippen LogP contribution in [0.3, 0.4) is 0 Å². The Kier molecular flexibility index (Phi) is 6.18. The lowest BCUT2D eigenvalue weighted by Gasteiger charge is -2.29. The Labute approximate surface area is 283 Å². The summed E-state index contributed by atoms with van der Waals surface area (Å²) < 4.78 is 8.73. The maximum absolute atomic E-state index is 6.34. The molecule has 10 aromatic rings. The van der Waals surface area contributed by atoms with E-state index in [0.717, 1.165) is 55.8 Å². The number of rotatable bonds is 5. The topological polar surface area (TPSA) is 21.3 Å². The van der Waals surface area contributed by atoms with E-state index in [1.54, 1.807) is 0 Å². The zero-order chi connectivity index (χ0) is 32.3. The van der Waals surface area contributed by atoms with E-state index in [0.29, 0.717) is 0 Å². The van der Waals surface area contributed by atoms with Gasteiger partial charge in [-0.2, -0.15) is 0 Å². The van der Waals surface area contributed by atoms with Crippen LogP contribution in [0.4, 0.5) is 17.1 Å².